The van der Waals surface area contributed by atoms with Crippen LogP contribution in [0.15, 0.2) is 36.5 Å². The van der Waals surface area contributed by atoms with Crippen LogP contribution in [0.4, 0.5) is 0 Å². The van der Waals surface area contributed by atoms with Crippen molar-refractivity contribution in [2.45, 2.75) is 31.4 Å². The lowest BCUT2D eigenvalue weighted by Crippen LogP contribution is -2.37. The van der Waals surface area contributed by atoms with Gasteiger partial charge in [0, 0.05) is 24.3 Å². The zero-order valence-corrected chi connectivity index (χ0v) is 12.9. The van der Waals surface area contributed by atoms with Crippen molar-refractivity contribution in [1.29, 1.82) is 0 Å². The number of pyridine rings is 1. The summed E-state index contributed by atoms with van der Waals surface area (Å²) in [6.45, 7) is 0.474. The number of hydrogen-bond acceptors (Lipinski definition) is 4. The van der Waals surface area contributed by atoms with Crippen molar-refractivity contribution < 1.29 is 10.2 Å². The highest BCUT2D eigenvalue weighted by molar-refractivity contribution is 6.29. The SMILES string of the molecule is Oc1ccc2c(c1)C[C@@H](NC[C@H](O)c1ccc(Cl)nc1)CC2. The molecule has 0 spiro atoms. The largest absolute Gasteiger partial charge is 0.508 e. The maximum Gasteiger partial charge on any atom is 0.129 e. The topological polar surface area (TPSA) is 65.4 Å². The molecule has 0 saturated heterocycles. The Morgan fingerprint density at radius 2 is 2.14 bits per heavy atom. The van der Waals surface area contributed by atoms with Crippen molar-refractivity contribution in [3.8, 4) is 5.75 Å². The number of aryl methyl sites for hydroxylation is 1. The molecule has 0 aliphatic heterocycles. The van der Waals surface area contributed by atoms with Crippen LogP contribution in [0.2, 0.25) is 5.15 Å². The number of benzene rings is 1. The predicted octanol–water partition coefficient (Wildman–Crippen LogP) is 2.62. The Morgan fingerprint density at radius 1 is 1.27 bits per heavy atom. The van der Waals surface area contributed by atoms with Crippen molar-refractivity contribution in [3.63, 3.8) is 0 Å². The maximum atomic E-state index is 10.2. The first-order chi connectivity index (χ1) is 10.6. The van der Waals surface area contributed by atoms with Gasteiger partial charge in [-0.15, -0.1) is 0 Å². The summed E-state index contributed by atoms with van der Waals surface area (Å²) in [5.41, 5.74) is 3.25. The van der Waals surface area contributed by atoms with Gasteiger partial charge in [0.1, 0.15) is 10.9 Å². The Kier molecular flexibility index (Phi) is 4.62. The molecular weight excluding hydrogens is 300 g/mol. The minimum absolute atomic E-state index is 0.309. The summed E-state index contributed by atoms with van der Waals surface area (Å²) in [4.78, 5) is 3.98. The van der Waals surface area contributed by atoms with Crippen LogP contribution in [-0.2, 0) is 12.8 Å². The van der Waals surface area contributed by atoms with Crippen molar-refractivity contribution in [3.05, 3.63) is 58.4 Å². The van der Waals surface area contributed by atoms with Crippen molar-refractivity contribution >= 4 is 11.6 Å². The van der Waals surface area contributed by atoms with Crippen LogP contribution < -0.4 is 5.32 Å². The number of phenolic OH excluding ortho intramolecular Hbond substituents is 1. The minimum atomic E-state index is -0.602. The number of nitrogens with one attached hydrogen (secondary N) is 1. The van der Waals surface area contributed by atoms with Gasteiger partial charge in [-0.1, -0.05) is 23.7 Å². The van der Waals surface area contributed by atoms with E-state index in [0.29, 0.717) is 23.5 Å². The first-order valence-electron chi connectivity index (χ1n) is 7.45. The van der Waals surface area contributed by atoms with Gasteiger partial charge in [0.2, 0.25) is 0 Å². The van der Waals surface area contributed by atoms with E-state index in [1.807, 2.05) is 12.1 Å². The van der Waals surface area contributed by atoms with E-state index < -0.39 is 6.10 Å². The summed E-state index contributed by atoms with van der Waals surface area (Å²) < 4.78 is 0. The molecule has 0 bridgehead atoms. The molecule has 1 aromatic heterocycles. The van der Waals surface area contributed by atoms with E-state index >= 15 is 0 Å². The molecule has 1 aromatic carbocycles. The molecule has 2 atom stereocenters. The normalized spacial score (nSPS) is 18.7. The number of fused-ring (bicyclic) bond motifs is 1. The van der Waals surface area contributed by atoms with Crippen molar-refractivity contribution in [2.75, 3.05) is 6.54 Å². The fraction of sp³-hybridized carbons (Fsp3) is 0.353. The second-order valence-corrected chi connectivity index (χ2v) is 6.12. The highest BCUT2D eigenvalue weighted by Crippen LogP contribution is 2.25. The third-order valence-corrected chi connectivity index (χ3v) is 4.38. The third-order valence-electron chi connectivity index (χ3n) is 4.15. The molecule has 22 heavy (non-hydrogen) atoms. The standard InChI is InChI=1S/C17H19ClN2O2/c18-17-6-3-12(9-20-17)16(22)10-19-14-4-1-11-2-5-15(21)8-13(11)7-14/h2-3,5-6,8-9,14,16,19,21-22H,1,4,7,10H2/t14-,16-/m0/s1. The lowest BCUT2D eigenvalue weighted by Gasteiger charge is -2.26. The average Bonchev–Trinajstić information content (AvgIpc) is 2.53. The number of aliphatic hydroxyl groups is 1. The number of halogens is 1. The van der Waals surface area contributed by atoms with Crippen LogP contribution in [0.3, 0.4) is 0 Å². The van der Waals surface area contributed by atoms with Gasteiger partial charge < -0.3 is 15.5 Å². The molecule has 1 aliphatic carbocycles. The van der Waals surface area contributed by atoms with E-state index in [0.717, 1.165) is 24.8 Å². The molecular formula is C17H19ClN2O2. The van der Waals surface area contributed by atoms with Gasteiger partial charge in [-0.05, 0) is 48.6 Å². The molecule has 5 heteroatoms. The van der Waals surface area contributed by atoms with Gasteiger partial charge in [0.25, 0.3) is 0 Å². The third kappa shape index (κ3) is 3.58. The molecule has 0 radical (unpaired) electrons. The molecule has 0 amide bonds. The lowest BCUT2D eigenvalue weighted by molar-refractivity contribution is 0.168. The van der Waals surface area contributed by atoms with Gasteiger partial charge in [-0.25, -0.2) is 4.98 Å². The van der Waals surface area contributed by atoms with Crippen LogP contribution >= 0.6 is 11.6 Å². The van der Waals surface area contributed by atoms with E-state index in [2.05, 4.69) is 10.3 Å². The van der Waals surface area contributed by atoms with Crippen molar-refractivity contribution in [1.82, 2.24) is 10.3 Å². The van der Waals surface area contributed by atoms with Gasteiger partial charge in [-0.3, -0.25) is 0 Å². The molecule has 1 heterocycles. The van der Waals surface area contributed by atoms with E-state index in [9.17, 15) is 10.2 Å². The summed E-state index contributed by atoms with van der Waals surface area (Å²) in [5, 5.41) is 23.6. The van der Waals surface area contributed by atoms with E-state index in [4.69, 9.17) is 11.6 Å². The van der Waals surface area contributed by atoms with Crippen molar-refractivity contribution in [2.24, 2.45) is 0 Å². The monoisotopic (exact) mass is 318 g/mol. The molecule has 0 fully saturated rings. The van der Waals surface area contributed by atoms with Crippen LogP contribution in [0.25, 0.3) is 0 Å². The fourth-order valence-electron chi connectivity index (χ4n) is 2.90. The number of phenols is 1. The fourth-order valence-corrected chi connectivity index (χ4v) is 3.01. The van der Waals surface area contributed by atoms with Gasteiger partial charge in [-0.2, -0.15) is 0 Å². The second-order valence-electron chi connectivity index (χ2n) is 5.73. The molecule has 2 aromatic rings. The maximum absolute atomic E-state index is 10.2. The number of aliphatic hydroxyl groups excluding tert-OH is 1. The predicted molar refractivity (Wildman–Crippen MR) is 86.1 cm³/mol. The van der Waals surface area contributed by atoms with Crippen LogP contribution in [0, 0.1) is 0 Å². The van der Waals surface area contributed by atoms with Gasteiger partial charge >= 0.3 is 0 Å². The molecule has 1 aliphatic rings. The van der Waals surface area contributed by atoms with E-state index in [-0.39, 0.29) is 0 Å². The minimum Gasteiger partial charge on any atom is -0.508 e. The second kappa shape index (κ2) is 6.65. The van der Waals surface area contributed by atoms with Crippen LogP contribution in [-0.4, -0.2) is 27.8 Å². The smallest absolute Gasteiger partial charge is 0.129 e. The Labute approximate surface area is 134 Å². The zero-order valence-electron chi connectivity index (χ0n) is 12.2. The molecule has 116 valence electrons. The van der Waals surface area contributed by atoms with Gasteiger partial charge in [0.15, 0.2) is 0 Å². The van der Waals surface area contributed by atoms with Crippen LogP contribution in [0.1, 0.15) is 29.2 Å². The molecule has 0 unspecified atom stereocenters. The summed E-state index contributed by atoms with van der Waals surface area (Å²) in [7, 11) is 0. The quantitative estimate of drug-likeness (QED) is 0.758. The van der Waals surface area contributed by atoms with Gasteiger partial charge in [0.05, 0.1) is 6.10 Å². The van der Waals surface area contributed by atoms with E-state index in [1.165, 1.54) is 11.1 Å². The first-order valence-corrected chi connectivity index (χ1v) is 7.83. The number of hydrogen-bond donors (Lipinski definition) is 3. The number of nitrogens with zero attached hydrogens (tertiary/aromatic N) is 1. The average molecular weight is 319 g/mol. The Morgan fingerprint density at radius 3 is 2.91 bits per heavy atom. The molecule has 3 rings (SSSR count). The molecule has 0 saturated carbocycles. The highest BCUT2D eigenvalue weighted by atomic mass is 35.5. The summed E-state index contributed by atoms with van der Waals surface area (Å²) >= 11 is 5.75. The van der Waals surface area contributed by atoms with E-state index in [1.54, 1.807) is 24.4 Å². The van der Waals surface area contributed by atoms with Crippen LogP contribution in [0.5, 0.6) is 5.75 Å². The first kappa shape index (κ1) is 15.3. The highest BCUT2D eigenvalue weighted by Gasteiger charge is 2.19. The number of rotatable bonds is 4. The summed E-state index contributed by atoms with van der Waals surface area (Å²) in [5.74, 6) is 0.312. The Balaban J connectivity index is 1.57. The number of aromatic hydroxyl groups is 1. The molecule has 3 N–H and O–H groups in total. The lowest BCUT2D eigenvalue weighted by atomic mass is 9.88. The Hall–Kier alpha value is -1.62. The summed E-state index contributed by atoms with van der Waals surface area (Å²) in [6, 6.07) is 9.35. The molecule has 4 nitrogen and oxygen atoms in total. The number of aromatic nitrogens is 1. The zero-order chi connectivity index (χ0) is 15.5. The Bertz CT molecular complexity index is 646. The summed E-state index contributed by atoms with van der Waals surface area (Å²) in [6.07, 6.45) is 3.89.